The third-order valence-electron chi connectivity index (χ3n) is 3.06. The maximum absolute atomic E-state index is 12.3. The Morgan fingerprint density at radius 1 is 1.33 bits per heavy atom. The van der Waals surface area contributed by atoms with E-state index < -0.39 is 12.0 Å². The maximum Gasteiger partial charge on any atom is 0.338 e. The molecule has 0 aromatic carbocycles. The lowest BCUT2D eigenvalue weighted by Crippen LogP contribution is -2.45. The van der Waals surface area contributed by atoms with Gasteiger partial charge >= 0.3 is 12.0 Å². The highest BCUT2D eigenvalue weighted by molar-refractivity contribution is 7.12. The molecule has 2 heterocycles. The van der Waals surface area contributed by atoms with Gasteiger partial charge in [0.25, 0.3) is 0 Å². The number of nitrogens with one attached hydrogen (secondary N) is 2. The number of aryl methyl sites for hydroxylation is 1. The van der Waals surface area contributed by atoms with E-state index >= 15 is 0 Å². The van der Waals surface area contributed by atoms with E-state index in [-0.39, 0.29) is 12.6 Å². The van der Waals surface area contributed by atoms with Crippen LogP contribution in [0.1, 0.15) is 22.7 Å². The first-order valence-electron chi connectivity index (χ1n) is 6.53. The molecule has 2 N–H and O–H groups in total. The Bertz CT molecular complexity index is 579. The number of thiophene rings is 1. The molecule has 1 aliphatic rings. The van der Waals surface area contributed by atoms with E-state index in [0.29, 0.717) is 17.9 Å². The molecular formula is C14H18N2O4S. The molecule has 114 valence electrons. The molecule has 2 rings (SSSR count). The summed E-state index contributed by atoms with van der Waals surface area (Å²) in [5.74, 6) is -0.451. The van der Waals surface area contributed by atoms with Gasteiger partial charge in [-0.2, -0.15) is 0 Å². The zero-order chi connectivity index (χ0) is 15.4. The van der Waals surface area contributed by atoms with Gasteiger partial charge in [0.05, 0.1) is 18.2 Å². The third-order valence-corrected chi connectivity index (χ3v) is 4.12. The summed E-state index contributed by atoms with van der Waals surface area (Å²) in [6, 6.07) is 3.06. The summed E-state index contributed by atoms with van der Waals surface area (Å²) in [7, 11) is 1.54. The van der Waals surface area contributed by atoms with Crippen molar-refractivity contribution in [1.29, 1.82) is 0 Å². The molecule has 7 heteroatoms. The second-order valence-electron chi connectivity index (χ2n) is 4.65. The molecule has 0 fully saturated rings. The molecule has 0 spiro atoms. The summed E-state index contributed by atoms with van der Waals surface area (Å²) in [4.78, 5) is 25.9. The smallest absolute Gasteiger partial charge is 0.338 e. The first-order chi connectivity index (χ1) is 10.0. The Balaban J connectivity index is 2.26. The van der Waals surface area contributed by atoms with Crippen LogP contribution in [-0.2, 0) is 14.3 Å². The van der Waals surface area contributed by atoms with E-state index in [1.165, 1.54) is 18.4 Å². The predicted molar refractivity (Wildman–Crippen MR) is 79.0 cm³/mol. The van der Waals surface area contributed by atoms with Crippen molar-refractivity contribution in [3.05, 3.63) is 33.2 Å². The molecule has 1 atom stereocenters. The molecule has 1 aliphatic heterocycles. The number of carbonyl (C=O) groups is 2. The van der Waals surface area contributed by atoms with Crippen molar-refractivity contribution >= 4 is 23.3 Å². The average Bonchev–Trinajstić information content (AvgIpc) is 2.84. The lowest BCUT2D eigenvalue weighted by Gasteiger charge is -2.27. The van der Waals surface area contributed by atoms with Crippen LogP contribution in [0.2, 0.25) is 0 Å². The fraction of sp³-hybridized carbons (Fsp3) is 0.429. The Morgan fingerprint density at radius 3 is 2.71 bits per heavy atom. The van der Waals surface area contributed by atoms with Gasteiger partial charge in [-0.3, -0.25) is 0 Å². The summed E-state index contributed by atoms with van der Waals surface area (Å²) < 4.78 is 10.0. The highest BCUT2D eigenvalue weighted by Crippen LogP contribution is 2.31. The Kier molecular flexibility index (Phi) is 4.98. The summed E-state index contributed by atoms with van der Waals surface area (Å²) in [6.45, 7) is 4.18. The van der Waals surface area contributed by atoms with E-state index in [1.807, 2.05) is 19.1 Å². The van der Waals surface area contributed by atoms with E-state index in [4.69, 9.17) is 9.47 Å². The zero-order valence-corrected chi connectivity index (χ0v) is 13.0. The number of ether oxygens (including phenoxy) is 2. The number of methoxy groups -OCH3 is 1. The number of carbonyl (C=O) groups excluding carboxylic acids is 2. The van der Waals surface area contributed by atoms with Crippen molar-refractivity contribution in [3.8, 4) is 0 Å². The molecule has 2 amide bonds. The van der Waals surface area contributed by atoms with Crippen molar-refractivity contribution in [3.63, 3.8) is 0 Å². The summed E-state index contributed by atoms with van der Waals surface area (Å²) >= 11 is 1.54. The Labute approximate surface area is 127 Å². The van der Waals surface area contributed by atoms with Gasteiger partial charge in [0.15, 0.2) is 0 Å². The Morgan fingerprint density at radius 2 is 2.10 bits per heavy atom. The van der Waals surface area contributed by atoms with Crippen LogP contribution in [0.25, 0.3) is 0 Å². The Hall–Kier alpha value is -1.86. The number of hydrogen-bond donors (Lipinski definition) is 2. The van der Waals surface area contributed by atoms with Gasteiger partial charge < -0.3 is 20.1 Å². The van der Waals surface area contributed by atoms with Gasteiger partial charge in [0.1, 0.15) is 6.61 Å². The fourth-order valence-electron chi connectivity index (χ4n) is 2.08. The van der Waals surface area contributed by atoms with Crippen LogP contribution < -0.4 is 10.6 Å². The van der Waals surface area contributed by atoms with Crippen molar-refractivity contribution in [1.82, 2.24) is 10.6 Å². The van der Waals surface area contributed by atoms with Gasteiger partial charge in [0, 0.05) is 22.6 Å². The minimum Gasteiger partial charge on any atom is -0.460 e. The fourth-order valence-corrected chi connectivity index (χ4v) is 3.02. The normalized spacial score (nSPS) is 18.2. The predicted octanol–water partition coefficient (Wildman–Crippen LogP) is 1.87. The minimum absolute atomic E-state index is 0.177. The van der Waals surface area contributed by atoms with Crippen LogP contribution in [0.4, 0.5) is 4.79 Å². The van der Waals surface area contributed by atoms with E-state index in [0.717, 1.165) is 9.75 Å². The van der Waals surface area contributed by atoms with Crippen LogP contribution in [-0.4, -0.2) is 32.3 Å². The van der Waals surface area contributed by atoms with Gasteiger partial charge in [-0.05, 0) is 26.0 Å². The monoisotopic (exact) mass is 310 g/mol. The number of esters is 1. The second-order valence-corrected chi connectivity index (χ2v) is 5.97. The number of hydrogen-bond acceptors (Lipinski definition) is 5. The lowest BCUT2D eigenvalue weighted by molar-refractivity contribution is -0.140. The summed E-state index contributed by atoms with van der Waals surface area (Å²) in [5, 5.41) is 5.38. The molecular weight excluding hydrogens is 292 g/mol. The molecule has 0 saturated carbocycles. The van der Waals surface area contributed by atoms with Crippen molar-refractivity contribution in [2.75, 3.05) is 20.3 Å². The third kappa shape index (κ3) is 3.62. The molecule has 0 bridgehead atoms. The molecule has 6 nitrogen and oxygen atoms in total. The van der Waals surface area contributed by atoms with Crippen molar-refractivity contribution in [2.45, 2.75) is 19.9 Å². The SMILES string of the molecule is COCCOC(=O)C1=C(C)NC(=O)N[C@@H]1c1ccc(C)s1. The van der Waals surface area contributed by atoms with Crippen LogP contribution in [0.3, 0.4) is 0 Å². The highest BCUT2D eigenvalue weighted by atomic mass is 32.1. The van der Waals surface area contributed by atoms with Gasteiger partial charge in [0.2, 0.25) is 0 Å². The number of urea groups is 1. The highest BCUT2D eigenvalue weighted by Gasteiger charge is 2.32. The maximum atomic E-state index is 12.3. The van der Waals surface area contributed by atoms with E-state index in [2.05, 4.69) is 10.6 Å². The first-order valence-corrected chi connectivity index (χ1v) is 7.35. The molecule has 0 unspecified atom stereocenters. The first kappa shape index (κ1) is 15.5. The lowest BCUT2D eigenvalue weighted by atomic mass is 10.0. The van der Waals surface area contributed by atoms with Crippen LogP contribution in [0.5, 0.6) is 0 Å². The van der Waals surface area contributed by atoms with Gasteiger partial charge in [-0.25, -0.2) is 9.59 Å². The molecule has 21 heavy (non-hydrogen) atoms. The van der Waals surface area contributed by atoms with Gasteiger partial charge in [-0.15, -0.1) is 11.3 Å². The van der Waals surface area contributed by atoms with Crippen LogP contribution >= 0.6 is 11.3 Å². The minimum atomic E-state index is -0.479. The molecule has 0 radical (unpaired) electrons. The summed E-state index contributed by atoms with van der Waals surface area (Å²) in [6.07, 6.45) is 0. The van der Waals surface area contributed by atoms with Crippen LogP contribution in [0, 0.1) is 6.92 Å². The molecule has 0 aliphatic carbocycles. The number of allylic oxidation sites excluding steroid dienone is 1. The largest absolute Gasteiger partial charge is 0.460 e. The second kappa shape index (κ2) is 6.73. The standard InChI is InChI=1S/C14H18N2O4S/c1-8-4-5-10(21-8)12-11(9(2)15-14(18)16-12)13(17)20-7-6-19-3/h4-5,12H,6-7H2,1-3H3,(H2,15,16,18)/t12-/m1/s1. The average molecular weight is 310 g/mol. The summed E-state index contributed by atoms with van der Waals surface area (Å²) in [5.41, 5.74) is 0.935. The number of amides is 2. The molecule has 1 aromatic heterocycles. The van der Waals surface area contributed by atoms with Crippen molar-refractivity contribution in [2.24, 2.45) is 0 Å². The van der Waals surface area contributed by atoms with E-state index in [9.17, 15) is 9.59 Å². The van der Waals surface area contributed by atoms with E-state index in [1.54, 1.807) is 6.92 Å². The molecule has 1 aromatic rings. The van der Waals surface area contributed by atoms with Gasteiger partial charge in [-0.1, -0.05) is 0 Å². The zero-order valence-electron chi connectivity index (χ0n) is 12.2. The van der Waals surface area contributed by atoms with Crippen LogP contribution in [0.15, 0.2) is 23.4 Å². The van der Waals surface area contributed by atoms with Crippen molar-refractivity contribution < 1.29 is 19.1 Å². The topological polar surface area (TPSA) is 76.7 Å². The quantitative estimate of drug-likeness (QED) is 0.643. The molecule has 0 saturated heterocycles. The number of rotatable bonds is 5.